The second kappa shape index (κ2) is 6.21. The van der Waals surface area contributed by atoms with Crippen LogP contribution < -0.4 is 10.1 Å². The Morgan fingerprint density at radius 2 is 2.06 bits per heavy atom. The van der Waals surface area contributed by atoms with Gasteiger partial charge in [0.1, 0.15) is 12.0 Å². The molecule has 0 aliphatic rings. The van der Waals surface area contributed by atoms with Crippen LogP contribution in [0.1, 0.15) is 31.1 Å². The zero-order valence-electron chi connectivity index (χ0n) is 10.7. The predicted molar refractivity (Wildman–Crippen MR) is 69.4 cm³/mol. The smallest absolute Gasteiger partial charge is 0.124 e. The number of benzene rings is 1. The summed E-state index contributed by atoms with van der Waals surface area (Å²) in [6.45, 7) is 5.50. The van der Waals surface area contributed by atoms with Gasteiger partial charge in [0.25, 0.3) is 0 Å². The van der Waals surface area contributed by atoms with Crippen molar-refractivity contribution in [1.29, 1.82) is 0 Å². The van der Waals surface area contributed by atoms with Crippen LogP contribution in [-0.4, -0.2) is 11.8 Å². The first kappa shape index (κ1) is 12.6. The largest absolute Gasteiger partial charge is 0.494 e. The molecule has 0 saturated carbocycles. The van der Waals surface area contributed by atoms with Crippen molar-refractivity contribution >= 4 is 0 Å². The maximum atomic E-state index is 5.42. The maximum Gasteiger partial charge on any atom is 0.124 e. The summed E-state index contributed by atoms with van der Waals surface area (Å²) < 4.78 is 10.2. The fourth-order valence-corrected chi connectivity index (χ4v) is 1.72. The highest BCUT2D eigenvalue weighted by Crippen LogP contribution is 2.17. The Balaban J connectivity index is 1.89. The van der Waals surface area contributed by atoms with E-state index in [1.807, 2.05) is 25.1 Å². The third-order valence-corrected chi connectivity index (χ3v) is 2.77. The molecule has 0 aliphatic heterocycles. The first-order chi connectivity index (χ1) is 8.79. The van der Waals surface area contributed by atoms with Crippen molar-refractivity contribution in [3.05, 3.63) is 47.9 Å². The summed E-state index contributed by atoms with van der Waals surface area (Å²) >= 11 is 0. The summed E-state index contributed by atoms with van der Waals surface area (Å²) in [5, 5.41) is 7.25. The van der Waals surface area contributed by atoms with Crippen molar-refractivity contribution in [3.8, 4) is 5.75 Å². The van der Waals surface area contributed by atoms with E-state index >= 15 is 0 Å². The Labute approximate surface area is 107 Å². The molecule has 18 heavy (non-hydrogen) atoms. The first-order valence-electron chi connectivity index (χ1n) is 6.15. The molecule has 0 aliphatic carbocycles. The monoisotopic (exact) mass is 246 g/mol. The summed E-state index contributed by atoms with van der Waals surface area (Å²) in [6.07, 6.45) is 1.58. The van der Waals surface area contributed by atoms with Crippen LogP contribution in [0.5, 0.6) is 5.75 Å². The van der Waals surface area contributed by atoms with Gasteiger partial charge in [-0.1, -0.05) is 17.3 Å². The van der Waals surface area contributed by atoms with Crippen molar-refractivity contribution in [2.24, 2.45) is 0 Å². The normalized spacial score (nSPS) is 12.3. The van der Waals surface area contributed by atoms with E-state index in [1.54, 1.807) is 6.26 Å². The van der Waals surface area contributed by atoms with Crippen LogP contribution >= 0.6 is 0 Å². The Hall–Kier alpha value is -1.81. The number of rotatable bonds is 6. The Bertz CT molecular complexity index is 451. The lowest BCUT2D eigenvalue weighted by atomic mass is 10.1. The molecule has 2 rings (SSSR count). The standard InChI is InChI=1S/C14H18N2O2/c1-3-17-14-6-4-12(5-7-14)11(2)15-10-13-8-9-18-16-13/h4-9,11,15H,3,10H2,1-2H3. The van der Waals surface area contributed by atoms with Gasteiger partial charge in [-0.2, -0.15) is 0 Å². The molecule has 4 heteroatoms. The topological polar surface area (TPSA) is 47.3 Å². The average molecular weight is 246 g/mol. The van der Waals surface area contributed by atoms with E-state index in [1.165, 1.54) is 5.56 Å². The van der Waals surface area contributed by atoms with Crippen LogP contribution in [0.15, 0.2) is 41.1 Å². The zero-order valence-corrected chi connectivity index (χ0v) is 10.7. The summed E-state index contributed by atoms with van der Waals surface area (Å²) in [4.78, 5) is 0. The molecule has 1 atom stereocenters. The second-order valence-corrected chi connectivity index (χ2v) is 4.10. The minimum atomic E-state index is 0.261. The summed E-state index contributed by atoms with van der Waals surface area (Å²) in [5.74, 6) is 0.907. The lowest BCUT2D eigenvalue weighted by Gasteiger charge is -2.13. The lowest BCUT2D eigenvalue weighted by molar-refractivity contribution is 0.340. The van der Waals surface area contributed by atoms with Gasteiger partial charge in [0.2, 0.25) is 0 Å². The zero-order chi connectivity index (χ0) is 12.8. The number of hydrogen-bond acceptors (Lipinski definition) is 4. The molecule has 0 saturated heterocycles. The molecular weight excluding hydrogens is 228 g/mol. The Kier molecular flexibility index (Phi) is 4.36. The molecule has 0 amide bonds. The van der Waals surface area contributed by atoms with Crippen LogP contribution in [0.4, 0.5) is 0 Å². The van der Waals surface area contributed by atoms with Gasteiger partial charge in [0, 0.05) is 18.7 Å². The van der Waals surface area contributed by atoms with E-state index in [4.69, 9.17) is 9.26 Å². The van der Waals surface area contributed by atoms with Crippen molar-refractivity contribution in [1.82, 2.24) is 10.5 Å². The number of nitrogens with zero attached hydrogens (tertiary/aromatic N) is 1. The summed E-state index contributed by atoms with van der Waals surface area (Å²) in [5.41, 5.74) is 2.13. The molecule has 1 aromatic carbocycles. The van der Waals surface area contributed by atoms with E-state index in [0.29, 0.717) is 13.2 Å². The molecule has 1 unspecified atom stereocenters. The molecule has 1 heterocycles. The maximum absolute atomic E-state index is 5.42. The number of ether oxygens (including phenoxy) is 1. The van der Waals surface area contributed by atoms with Gasteiger partial charge < -0.3 is 14.6 Å². The minimum Gasteiger partial charge on any atom is -0.494 e. The highest BCUT2D eigenvalue weighted by atomic mass is 16.5. The molecule has 0 spiro atoms. The van der Waals surface area contributed by atoms with Gasteiger partial charge in [-0.3, -0.25) is 0 Å². The van der Waals surface area contributed by atoms with Gasteiger partial charge >= 0.3 is 0 Å². The van der Waals surface area contributed by atoms with E-state index in [0.717, 1.165) is 11.4 Å². The van der Waals surface area contributed by atoms with Gasteiger partial charge in [-0.25, -0.2) is 0 Å². The molecule has 96 valence electrons. The van der Waals surface area contributed by atoms with Crippen molar-refractivity contribution in [2.45, 2.75) is 26.4 Å². The van der Waals surface area contributed by atoms with Gasteiger partial charge in [0.15, 0.2) is 0 Å². The van der Waals surface area contributed by atoms with E-state index in [9.17, 15) is 0 Å². The quantitative estimate of drug-likeness (QED) is 0.851. The molecular formula is C14H18N2O2. The Morgan fingerprint density at radius 3 is 2.67 bits per heavy atom. The third kappa shape index (κ3) is 3.34. The average Bonchev–Trinajstić information content (AvgIpc) is 2.90. The number of hydrogen-bond donors (Lipinski definition) is 1. The fourth-order valence-electron chi connectivity index (χ4n) is 1.72. The predicted octanol–water partition coefficient (Wildman–Crippen LogP) is 2.92. The van der Waals surface area contributed by atoms with E-state index in [-0.39, 0.29) is 6.04 Å². The van der Waals surface area contributed by atoms with Crippen LogP contribution in [0.3, 0.4) is 0 Å². The molecule has 0 radical (unpaired) electrons. The van der Waals surface area contributed by atoms with Gasteiger partial charge in [-0.15, -0.1) is 0 Å². The minimum absolute atomic E-state index is 0.261. The van der Waals surface area contributed by atoms with Crippen LogP contribution in [0, 0.1) is 0 Å². The van der Waals surface area contributed by atoms with Crippen LogP contribution in [-0.2, 0) is 6.54 Å². The Morgan fingerprint density at radius 1 is 1.28 bits per heavy atom. The molecule has 0 bridgehead atoms. The fraction of sp³-hybridized carbons (Fsp3) is 0.357. The van der Waals surface area contributed by atoms with Crippen LogP contribution in [0.25, 0.3) is 0 Å². The second-order valence-electron chi connectivity index (χ2n) is 4.10. The molecule has 0 fully saturated rings. The SMILES string of the molecule is CCOc1ccc(C(C)NCc2ccon2)cc1. The van der Waals surface area contributed by atoms with Gasteiger partial charge in [-0.05, 0) is 31.5 Å². The number of aromatic nitrogens is 1. The molecule has 2 aromatic rings. The van der Waals surface area contributed by atoms with E-state index in [2.05, 4.69) is 29.5 Å². The van der Waals surface area contributed by atoms with Crippen LogP contribution in [0.2, 0.25) is 0 Å². The van der Waals surface area contributed by atoms with Crippen molar-refractivity contribution in [2.75, 3.05) is 6.61 Å². The highest BCUT2D eigenvalue weighted by molar-refractivity contribution is 5.28. The van der Waals surface area contributed by atoms with Crippen molar-refractivity contribution in [3.63, 3.8) is 0 Å². The van der Waals surface area contributed by atoms with E-state index < -0.39 is 0 Å². The summed E-state index contributed by atoms with van der Waals surface area (Å²) in [6, 6.07) is 10.3. The first-order valence-corrected chi connectivity index (χ1v) is 6.15. The molecule has 4 nitrogen and oxygen atoms in total. The van der Waals surface area contributed by atoms with Crippen molar-refractivity contribution < 1.29 is 9.26 Å². The number of nitrogens with one attached hydrogen (secondary N) is 1. The summed E-state index contributed by atoms with van der Waals surface area (Å²) in [7, 11) is 0. The molecule has 1 N–H and O–H groups in total. The highest BCUT2D eigenvalue weighted by Gasteiger charge is 2.06. The third-order valence-electron chi connectivity index (χ3n) is 2.77. The lowest BCUT2D eigenvalue weighted by Crippen LogP contribution is -2.18. The molecule has 1 aromatic heterocycles. The van der Waals surface area contributed by atoms with Gasteiger partial charge in [0.05, 0.1) is 12.3 Å².